The zero-order valence-electron chi connectivity index (χ0n) is 9.35. The average molecular weight is 261 g/mol. The number of thioether (sulfide) groups is 1. The summed E-state index contributed by atoms with van der Waals surface area (Å²) in [5.41, 5.74) is 0.596. The topological polar surface area (TPSA) is 17.1 Å². The summed E-state index contributed by atoms with van der Waals surface area (Å²) >= 11 is 7.48. The van der Waals surface area contributed by atoms with Crippen molar-refractivity contribution < 1.29 is 9.18 Å². The van der Waals surface area contributed by atoms with Gasteiger partial charge in [-0.2, -0.15) is 0 Å². The SMILES string of the molecule is CC(=O)CCCSc1cc(C)c(F)cc1Cl. The molecule has 1 nitrogen and oxygen atoms in total. The van der Waals surface area contributed by atoms with Crippen molar-refractivity contribution in [3.8, 4) is 0 Å². The highest BCUT2D eigenvalue weighted by atomic mass is 35.5. The first-order valence-electron chi connectivity index (χ1n) is 5.08. The van der Waals surface area contributed by atoms with Crippen LogP contribution in [0.4, 0.5) is 4.39 Å². The highest BCUT2D eigenvalue weighted by Gasteiger charge is 2.06. The van der Waals surface area contributed by atoms with Gasteiger partial charge in [-0.1, -0.05) is 11.6 Å². The van der Waals surface area contributed by atoms with Crippen LogP contribution in [-0.2, 0) is 4.79 Å². The molecule has 1 aromatic carbocycles. The number of hydrogen-bond donors (Lipinski definition) is 0. The molecule has 4 heteroatoms. The van der Waals surface area contributed by atoms with Gasteiger partial charge in [0.05, 0.1) is 5.02 Å². The maximum Gasteiger partial charge on any atom is 0.129 e. The molecule has 0 aliphatic carbocycles. The molecule has 0 bridgehead atoms. The molecule has 0 aromatic heterocycles. The minimum atomic E-state index is -0.280. The van der Waals surface area contributed by atoms with E-state index in [-0.39, 0.29) is 11.6 Å². The highest BCUT2D eigenvalue weighted by molar-refractivity contribution is 7.99. The molecule has 0 amide bonds. The van der Waals surface area contributed by atoms with E-state index in [1.807, 2.05) is 0 Å². The lowest BCUT2D eigenvalue weighted by Crippen LogP contribution is -1.91. The van der Waals surface area contributed by atoms with Crippen molar-refractivity contribution in [2.24, 2.45) is 0 Å². The quantitative estimate of drug-likeness (QED) is 0.582. The number of benzene rings is 1. The first-order valence-corrected chi connectivity index (χ1v) is 6.45. The van der Waals surface area contributed by atoms with Gasteiger partial charge >= 0.3 is 0 Å². The van der Waals surface area contributed by atoms with Crippen molar-refractivity contribution in [2.75, 3.05) is 5.75 Å². The highest BCUT2D eigenvalue weighted by Crippen LogP contribution is 2.30. The Bertz CT molecular complexity index is 393. The van der Waals surface area contributed by atoms with Crippen LogP contribution >= 0.6 is 23.4 Å². The van der Waals surface area contributed by atoms with E-state index >= 15 is 0 Å². The third-order valence-corrected chi connectivity index (χ3v) is 3.71. The average Bonchev–Trinajstić information content (AvgIpc) is 2.19. The fourth-order valence-corrected chi connectivity index (χ4v) is 2.52. The van der Waals surface area contributed by atoms with E-state index in [0.29, 0.717) is 17.0 Å². The lowest BCUT2D eigenvalue weighted by atomic mass is 10.2. The van der Waals surface area contributed by atoms with Crippen LogP contribution in [0.2, 0.25) is 5.02 Å². The van der Waals surface area contributed by atoms with Crippen LogP contribution in [-0.4, -0.2) is 11.5 Å². The molecule has 0 atom stereocenters. The molecule has 0 aliphatic heterocycles. The largest absolute Gasteiger partial charge is 0.300 e. The molecule has 0 radical (unpaired) electrons. The maximum absolute atomic E-state index is 13.1. The lowest BCUT2D eigenvalue weighted by Gasteiger charge is -2.05. The van der Waals surface area contributed by atoms with Gasteiger partial charge in [0.1, 0.15) is 11.6 Å². The molecule has 0 fully saturated rings. The summed E-state index contributed by atoms with van der Waals surface area (Å²) < 4.78 is 13.1. The molecule has 0 spiro atoms. The smallest absolute Gasteiger partial charge is 0.129 e. The number of hydrogen-bond acceptors (Lipinski definition) is 2. The Hall–Kier alpha value is -0.540. The van der Waals surface area contributed by atoms with Crippen LogP contribution in [0.1, 0.15) is 25.3 Å². The van der Waals surface area contributed by atoms with E-state index in [2.05, 4.69) is 0 Å². The second-order valence-corrected chi connectivity index (χ2v) is 5.23. The van der Waals surface area contributed by atoms with E-state index in [1.165, 1.54) is 6.07 Å². The molecule has 0 heterocycles. The van der Waals surface area contributed by atoms with Gasteiger partial charge in [0.2, 0.25) is 0 Å². The van der Waals surface area contributed by atoms with Gasteiger partial charge in [-0.25, -0.2) is 4.39 Å². The fraction of sp³-hybridized carbons (Fsp3) is 0.417. The normalized spacial score (nSPS) is 10.5. The molecule has 1 aromatic rings. The van der Waals surface area contributed by atoms with Gasteiger partial charge in [-0.15, -0.1) is 11.8 Å². The predicted octanol–water partition coefficient (Wildman–Crippen LogP) is 4.25. The van der Waals surface area contributed by atoms with Crippen LogP contribution in [0.3, 0.4) is 0 Å². The van der Waals surface area contributed by atoms with E-state index in [9.17, 15) is 9.18 Å². The van der Waals surface area contributed by atoms with Gasteiger partial charge < -0.3 is 4.79 Å². The number of aryl methyl sites for hydroxylation is 1. The number of carbonyl (C=O) groups is 1. The summed E-state index contributed by atoms with van der Waals surface area (Å²) in [5.74, 6) is 0.741. The molecular weight excluding hydrogens is 247 g/mol. The molecule has 1 rings (SSSR count). The van der Waals surface area contributed by atoms with Crippen molar-refractivity contribution >= 4 is 29.1 Å². The molecule has 88 valence electrons. The van der Waals surface area contributed by atoms with Crippen molar-refractivity contribution in [2.45, 2.75) is 31.6 Å². The Kier molecular flexibility index (Phi) is 5.29. The van der Waals surface area contributed by atoms with Crippen LogP contribution in [0, 0.1) is 12.7 Å². The monoisotopic (exact) mass is 260 g/mol. The van der Waals surface area contributed by atoms with E-state index in [4.69, 9.17) is 11.6 Å². The van der Waals surface area contributed by atoms with Crippen molar-refractivity contribution in [1.29, 1.82) is 0 Å². The molecule has 0 N–H and O–H groups in total. The number of rotatable bonds is 5. The summed E-state index contributed by atoms with van der Waals surface area (Å²) in [6.07, 6.45) is 1.41. The Labute approximate surface area is 104 Å². The molecule has 16 heavy (non-hydrogen) atoms. The van der Waals surface area contributed by atoms with Crippen LogP contribution in [0.15, 0.2) is 17.0 Å². The zero-order valence-corrected chi connectivity index (χ0v) is 10.9. The third-order valence-electron chi connectivity index (χ3n) is 2.14. The number of halogens is 2. The summed E-state index contributed by atoms with van der Waals surface area (Å²) in [7, 11) is 0. The van der Waals surface area contributed by atoms with E-state index in [1.54, 1.807) is 31.7 Å². The van der Waals surface area contributed by atoms with Crippen LogP contribution in [0.5, 0.6) is 0 Å². The second kappa shape index (κ2) is 6.26. The molecule has 0 saturated carbocycles. The second-order valence-electron chi connectivity index (χ2n) is 3.69. The van der Waals surface area contributed by atoms with Crippen molar-refractivity contribution in [3.05, 3.63) is 28.5 Å². The maximum atomic E-state index is 13.1. The molecule has 0 saturated heterocycles. The summed E-state index contributed by atoms with van der Waals surface area (Å²) in [5, 5.41) is 0.441. The van der Waals surface area contributed by atoms with Gasteiger partial charge in [0.25, 0.3) is 0 Å². The third kappa shape index (κ3) is 4.14. The van der Waals surface area contributed by atoms with Gasteiger partial charge in [0.15, 0.2) is 0 Å². The molecule has 0 unspecified atom stereocenters. The van der Waals surface area contributed by atoms with Crippen molar-refractivity contribution in [1.82, 2.24) is 0 Å². The Morgan fingerprint density at radius 3 is 2.81 bits per heavy atom. The van der Waals surface area contributed by atoms with Crippen molar-refractivity contribution in [3.63, 3.8) is 0 Å². The number of ketones is 1. The Balaban J connectivity index is 2.54. The molecule has 0 aliphatic rings. The van der Waals surface area contributed by atoms with E-state index < -0.39 is 0 Å². The van der Waals surface area contributed by atoms with Gasteiger partial charge in [0, 0.05) is 11.3 Å². The molecular formula is C12H14ClFOS. The van der Waals surface area contributed by atoms with Gasteiger partial charge in [-0.05, 0) is 43.7 Å². The van der Waals surface area contributed by atoms with Gasteiger partial charge in [-0.3, -0.25) is 0 Å². The first-order chi connectivity index (χ1) is 7.50. The van der Waals surface area contributed by atoms with Crippen LogP contribution in [0.25, 0.3) is 0 Å². The Morgan fingerprint density at radius 2 is 2.19 bits per heavy atom. The summed E-state index contributed by atoms with van der Waals surface area (Å²) in [6.45, 7) is 3.30. The summed E-state index contributed by atoms with van der Waals surface area (Å²) in [6, 6.07) is 3.08. The minimum absolute atomic E-state index is 0.196. The standard InChI is InChI=1S/C12H14ClFOS/c1-8-6-12(10(13)7-11(8)14)16-5-3-4-9(2)15/h6-7H,3-5H2,1-2H3. The minimum Gasteiger partial charge on any atom is -0.300 e. The fourth-order valence-electron chi connectivity index (χ4n) is 1.24. The first kappa shape index (κ1) is 13.5. The number of carbonyl (C=O) groups excluding carboxylic acids is 1. The predicted molar refractivity (Wildman–Crippen MR) is 66.8 cm³/mol. The zero-order chi connectivity index (χ0) is 12.1. The number of Topliss-reactive ketones (excluding diaryl/α,β-unsaturated/α-hetero) is 1. The Morgan fingerprint density at radius 1 is 1.50 bits per heavy atom. The lowest BCUT2D eigenvalue weighted by molar-refractivity contribution is -0.117. The van der Waals surface area contributed by atoms with Crippen LogP contribution < -0.4 is 0 Å². The summed E-state index contributed by atoms with van der Waals surface area (Å²) in [4.78, 5) is 11.6. The van der Waals surface area contributed by atoms with E-state index in [0.717, 1.165) is 17.1 Å².